The molecule has 154 valence electrons. The first-order chi connectivity index (χ1) is 15.0. The van der Waals surface area contributed by atoms with Crippen molar-refractivity contribution in [1.29, 1.82) is 0 Å². The largest absolute Gasteiger partial charge is 0.478 e. The third kappa shape index (κ3) is 3.34. The molecule has 0 bridgehead atoms. The number of aromatic nitrogens is 3. The van der Waals surface area contributed by atoms with Crippen molar-refractivity contribution in [3.63, 3.8) is 0 Å². The van der Waals surface area contributed by atoms with Crippen molar-refractivity contribution in [3.05, 3.63) is 76.7 Å². The van der Waals surface area contributed by atoms with Crippen LogP contribution in [-0.4, -0.2) is 38.9 Å². The first-order valence-electron chi connectivity index (χ1n) is 10.0. The fourth-order valence-electron chi connectivity index (χ4n) is 4.17. The molecule has 3 heterocycles. The Hall–Kier alpha value is -4.00. The Kier molecular flexibility index (Phi) is 4.51. The molecule has 7 heteroatoms. The summed E-state index contributed by atoms with van der Waals surface area (Å²) in [6, 6.07) is 13.9. The van der Waals surface area contributed by atoms with Crippen molar-refractivity contribution in [2.75, 3.05) is 11.4 Å². The molecular weight excluding hydrogens is 392 g/mol. The minimum absolute atomic E-state index is 0.121. The number of carbonyl (C=O) groups is 2. The number of carboxylic acid groups (broad SMARTS) is 1. The maximum atomic E-state index is 11.3. The number of aryl methyl sites for hydroxylation is 1. The van der Waals surface area contributed by atoms with E-state index in [2.05, 4.69) is 38.1 Å². The number of aromatic carboxylic acids is 1. The van der Waals surface area contributed by atoms with Gasteiger partial charge in [-0.15, -0.1) is 0 Å². The summed E-state index contributed by atoms with van der Waals surface area (Å²) in [5.74, 6) is -0.481. The average molecular weight is 412 g/mol. The van der Waals surface area contributed by atoms with Crippen molar-refractivity contribution < 1.29 is 14.7 Å². The molecular formula is C24H20N4O3. The Morgan fingerprint density at radius 3 is 2.81 bits per heavy atom. The molecule has 2 N–H and O–H groups in total. The third-order valence-corrected chi connectivity index (χ3v) is 5.81. The number of carbonyl (C=O) groups excluding carboxylic acids is 1. The number of benzene rings is 2. The number of nitrogens with one attached hydrogen (secondary N) is 1. The Morgan fingerprint density at radius 2 is 2.03 bits per heavy atom. The van der Waals surface area contributed by atoms with Crippen molar-refractivity contribution in [2.45, 2.75) is 19.9 Å². The van der Waals surface area contributed by atoms with Crippen molar-refractivity contribution in [1.82, 2.24) is 15.0 Å². The molecule has 7 nitrogen and oxygen atoms in total. The van der Waals surface area contributed by atoms with Crippen LogP contribution in [0.3, 0.4) is 0 Å². The molecule has 0 amide bonds. The lowest BCUT2D eigenvalue weighted by Crippen LogP contribution is -2.31. The van der Waals surface area contributed by atoms with Crippen molar-refractivity contribution in [3.8, 4) is 11.1 Å². The van der Waals surface area contributed by atoms with E-state index in [4.69, 9.17) is 0 Å². The first-order valence-corrected chi connectivity index (χ1v) is 10.0. The second-order valence-electron chi connectivity index (χ2n) is 7.73. The van der Waals surface area contributed by atoms with Gasteiger partial charge in [0.05, 0.1) is 11.3 Å². The van der Waals surface area contributed by atoms with E-state index in [1.54, 1.807) is 13.0 Å². The topological polar surface area (TPSA) is 99.2 Å². The quantitative estimate of drug-likeness (QED) is 0.492. The van der Waals surface area contributed by atoms with Gasteiger partial charge in [-0.05, 0) is 36.2 Å². The van der Waals surface area contributed by atoms with Crippen molar-refractivity contribution >= 4 is 29.1 Å². The highest BCUT2D eigenvalue weighted by Gasteiger charge is 2.23. The van der Waals surface area contributed by atoms with Gasteiger partial charge in [-0.1, -0.05) is 24.3 Å². The van der Waals surface area contributed by atoms with Gasteiger partial charge in [0.1, 0.15) is 6.29 Å². The normalized spacial score (nSPS) is 13.3. The number of anilines is 1. The zero-order valence-electron chi connectivity index (χ0n) is 16.9. The molecule has 31 heavy (non-hydrogen) atoms. The van der Waals surface area contributed by atoms with E-state index in [1.807, 2.05) is 18.2 Å². The van der Waals surface area contributed by atoms with Gasteiger partial charge in [-0.3, -0.25) is 4.79 Å². The van der Waals surface area contributed by atoms with E-state index in [1.165, 1.54) is 17.5 Å². The average Bonchev–Trinajstić information content (AvgIpc) is 3.16. The predicted molar refractivity (Wildman–Crippen MR) is 118 cm³/mol. The van der Waals surface area contributed by atoms with Crippen LogP contribution in [0.25, 0.3) is 22.0 Å². The number of nitrogens with zero attached hydrogens (tertiary/aromatic N) is 3. The number of carboxylic acids is 1. The molecule has 0 radical (unpaired) electrons. The molecule has 0 spiro atoms. The van der Waals surface area contributed by atoms with E-state index >= 15 is 0 Å². The number of hydrogen-bond donors (Lipinski definition) is 2. The highest BCUT2D eigenvalue weighted by molar-refractivity contribution is 5.90. The fraction of sp³-hybridized carbons (Fsp3) is 0.167. The molecule has 2 aromatic carbocycles. The van der Waals surface area contributed by atoms with E-state index in [9.17, 15) is 14.7 Å². The molecule has 2 aromatic heterocycles. The minimum Gasteiger partial charge on any atom is -0.478 e. The number of fused-ring (bicyclic) bond motifs is 3. The van der Waals surface area contributed by atoms with Crippen LogP contribution in [0.15, 0.2) is 48.7 Å². The second-order valence-corrected chi connectivity index (χ2v) is 7.73. The van der Waals surface area contributed by atoms with Gasteiger partial charge in [0, 0.05) is 53.4 Å². The molecule has 4 aromatic rings. The number of hydrogen-bond acceptors (Lipinski definition) is 5. The first kappa shape index (κ1) is 19.0. The summed E-state index contributed by atoms with van der Waals surface area (Å²) in [5.41, 5.74) is 6.74. The summed E-state index contributed by atoms with van der Waals surface area (Å²) in [6.07, 6.45) is 3.06. The maximum Gasteiger partial charge on any atom is 0.339 e. The van der Waals surface area contributed by atoms with E-state index in [0.717, 1.165) is 41.3 Å². The van der Waals surface area contributed by atoms with E-state index in [-0.39, 0.29) is 5.56 Å². The summed E-state index contributed by atoms with van der Waals surface area (Å²) in [6.45, 7) is 3.08. The Morgan fingerprint density at radius 1 is 1.19 bits per heavy atom. The molecule has 5 rings (SSSR count). The standard InChI is InChI=1S/C24H20N4O3/c1-14-19(23(30)31)11-25-24(26-14)28-8-7-22-20(12-28)18-10-17(5-6-21(18)27-22)16-4-2-3-15(9-16)13-29/h2-6,9-11,13,27H,7-8,12H2,1H3,(H,30,31). The van der Waals surface area contributed by atoms with Crippen LogP contribution >= 0.6 is 0 Å². The lowest BCUT2D eigenvalue weighted by Gasteiger charge is -2.27. The van der Waals surface area contributed by atoms with Crippen molar-refractivity contribution in [2.24, 2.45) is 0 Å². The number of aromatic amines is 1. The van der Waals surface area contributed by atoms with Gasteiger partial charge >= 0.3 is 5.97 Å². The summed E-state index contributed by atoms with van der Waals surface area (Å²) in [4.78, 5) is 36.7. The Labute approximate surface area is 178 Å². The summed E-state index contributed by atoms with van der Waals surface area (Å²) < 4.78 is 0. The highest BCUT2D eigenvalue weighted by Crippen LogP contribution is 2.32. The zero-order valence-corrected chi connectivity index (χ0v) is 16.9. The molecule has 0 fully saturated rings. The van der Waals surface area contributed by atoms with Gasteiger partial charge in [0.25, 0.3) is 0 Å². The van der Waals surface area contributed by atoms with Crippen LogP contribution in [0, 0.1) is 6.92 Å². The number of H-pyrrole nitrogens is 1. The fourth-order valence-corrected chi connectivity index (χ4v) is 4.17. The third-order valence-electron chi connectivity index (χ3n) is 5.81. The molecule has 0 unspecified atom stereocenters. The number of rotatable bonds is 4. The lowest BCUT2D eigenvalue weighted by atomic mass is 9.99. The van der Waals surface area contributed by atoms with Gasteiger partial charge in [-0.2, -0.15) is 0 Å². The molecule has 0 atom stereocenters. The second kappa shape index (κ2) is 7.36. The summed E-state index contributed by atoms with van der Waals surface area (Å²) >= 11 is 0. The Balaban J connectivity index is 1.52. The minimum atomic E-state index is -1.02. The van der Waals surface area contributed by atoms with E-state index < -0.39 is 5.97 Å². The van der Waals surface area contributed by atoms with Crippen LogP contribution in [0.4, 0.5) is 5.95 Å². The van der Waals surface area contributed by atoms with Crippen LogP contribution in [0.5, 0.6) is 0 Å². The lowest BCUT2D eigenvalue weighted by molar-refractivity contribution is 0.0695. The number of aldehydes is 1. The van der Waals surface area contributed by atoms with Gasteiger partial charge in [-0.25, -0.2) is 14.8 Å². The summed E-state index contributed by atoms with van der Waals surface area (Å²) in [7, 11) is 0. The molecule has 0 saturated carbocycles. The molecule has 1 aliphatic rings. The van der Waals surface area contributed by atoms with Crippen LogP contribution in [0.2, 0.25) is 0 Å². The van der Waals surface area contributed by atoms with Crippen LogP contribution < -0.4 is 4.90 Å². The van der Waals surface area contributed by atoms with Gasteiger partial charge in [0.15, 0.2) is 0 Å². The van der Waals surface area contributed by atoms with Crippen LogP contribution in [0.1, 0.15) is 37.7 Å². The van der Waals surface area contributed by atoms with Gasteiger partial charge < -0.3 is 15.0 Å². The van der Waals surface area contributed by atoms with Gasteiger partial charge in [0.2, 0.25) is 5.95 Å². The Bertz CT molecular complexity index is 1340. The smallest absolute Gasteiger partial charge is 0.339 e. The summed E-state index contributed by atoms with van der Waals surface area (Å²) in [5, 5.41) is 10.4. The van der Waals surface area contributed by atoms with Crippen LogP contribution in [-0.2, 0) is 13.0 Å². The predicted octanol–water partition coefficient (Wildman–Crippen LogP) is 4.01. The monoisotopic (exact) mass is 412 g/mol. The van der Waals surface area contributed by atoms with E-state index in [0.29, 0.717) is 23.8 Å². The maximum absolute atomic E-state index is 11.3. The highest BCUT2D eigenvalue weighted by atomic mass is 16.4. The molecule has 1 aliphatic heterocycles. The molecule has 0 aliphatic carbocycles. The zero-order chi connectivity index (χ0) is 21.5. The SMILES string of the molecule is Cc1nc(N2CCc3[nH]c4ccc(-c5cccc(C=O)c5)cc4c3C2)ncc1C(=O)O. The molecule has 0 saturated heterocycles.